The van der Waals surface area contributed by atoms with Crippen molar-refractivity contribution < 1.29 is 14.3 Å². The molecule has 1 aliphatic heterocycles. The predicted octanol–water partition coefficient (Wildman–Crippen LogP) is 0.464. The van der Waals surface area contributed by atoms with Crippen LogP contribution in [-0.4, -0.2) is 58.0 Å². The summed E-state index contributed by atoms with van der Waals surface area (Å²) in [5, 5.41) is 5.44. The van der Waals surface area contributed by atoms with Gasteiger partial charge in [-0.2, -0.15) is 0 Å². The van der Waals surface area contributed by atoms with Crippen LogP contribution in [0.1, 0.15) is 12.1 Å². The monoisotopic (exact) mass is 347 g/mol. The van der Waals surface area contributed by atoms with Gasteiger partial charge in [-0.3, -0.25) is 14.5 Å². The van der Waals surface area contributed by atoms with Gasteiger partial charge in [0.05, 0.1) is 19.2 Å². The summed E-state index contributed by atoms with van der Waals surface area (Å²) >= 11 is 1.46. The molecule has 0 aromatic carbocycles. The van der Waals surface area contributed by atoms with Crippen LogP contribution in [0.2, 0.25) is 0 Å². The number of methoxy groups -OCH3 is 1. The molecule has 1 saturated heterocycles. The zero-order valence-corrected chi connectivity index (χ0v) is 14.0. The minimum Gasteiger partial charge on any atom is -0.469 e. The minimum atomic E-state index is -0.538. The number of rotatable bonds is 5. The van der Waals surface area contributed by atoms with Gasteiger partial charge in [0.15, 0.2) is 10.8 Å². The summed E-state index contributed by atoms with van der Waals surface area (Å²) in [6.45, 7) is 1.69. The Morgan fingerprint density at radius 1 is 1.46 bits per heavy atom. The predicted molar refractivity (Wildman–Crippen MR) is 87.0 cm³/mol. The van der Waals surface area contributed by atoms with E-state index in [9.17, 15) is 9.59 Å². The summed E-state index contributed by atoms with van der Waals surface area (Å²) in [7, 11) is 1.32. The molecule has 0 bridgehead atoms. The molecule has 1 N–H and O–H groups in total. The molecule has 3 heterocycles. The molecule has 24 heavy (non-hydrogen) atoms. The van der Waals surface area contributed by atoms with E-state index < -0.39 is 12.0 Å². The number of nitrogens with zero attached hydrogens (tertiary/aromatic N) is 4. The van der Waals surface area contributed by atoms with E-state index in [0.29, 0.717) is 25.5 Å². The van der Waals surface area contributed by atoms with Crippen LogP contribution >= 0.6 is 11.3 Å². The number of esters is 1. The molecule has 3 rings (SSSR count). The number of aromatic nitrogens is 3. The second-order valence-electron chi connectivity index (χ2n) is 5.27. The van der Waals surface area contributed by atoms with Gasteiger partial charge in [0.1, 0.15) is 6.04 Å². The number of hydrogen-bond acceptors (Lipinski definition) is 8. The molecule has 2 aromatic heterocycles. The third-order valence-electron chi connectivity index (χ3n) is 3.70. The lowest BCUT2D eigenvalue weighted by molar-refractivity contribution is -0.146. The van der Waals surface area contributed by atoms with E-state index in [1.54, 1.807) is 18.5 Å². The molecule has 8 nitrogen and oxygen atoms in total. The first-order valence-corrected chi connectivity index (χ1v) is 8.35. The maximum atomic E-state index is 12.1. The third-order valence-corrected chi connectivity index (χ3v) is 4.59. The average Bonchev–Trinajstić information content (AvgIpc) is 3.07. The average molecular weight is 347 g/mol. The second kappa shape index (κ2) is 7.45. The van der Waals surface area contributed by atoms with E-state index in [1.807, 2.05) is 10.3 Å². The van der Waals surface area contributed by atoms with Crippen LogP contribution in [0, 0.1) is 0 Å². The topological polar surface area (TPSA) is 97.3 Å². The maximum Gasteiger partial charge on any atom is 0.307 e. The smallest absolute Gasteiger partial charge is 0.307 e. The molecule has 0 radical (unpaired) electrons. The summed E-state index contributed by atoms with van der Waals surface area (Å²) in [5.74, 6) is 0.0171. The van der Waals surface area contributed by atoms with E-state index >= 15 is 0 Å². The van der Waals surface area contributed by atoms with Gasteiger partial charge < -0.3 is 10.1 Å². The maximum absolute atomic E-state index is 12.1. The summed E-state index contributed by atoms with van der Waals surface area (Å²) in [5.41, 5.74) is 0.826. The number of piperazine rings is 1. The summed E-state index contributed by atoms with van der Waals surface area (Å²) in [6.07, 6.45) is 3.37. The van der Waals surface area contributed by atoms with E-state index in [0.717, 1.165) is 10.7 Å². The summed E-state index contributed by atoms with van der Waals surface area (Å²) < 4.78 is 4.69. The molecular weight excluding hydrogens is 330 g/mol. The standard InChI is InChI=1S/C15H17N5O3S/c1-23-12(21)7-11-14(22)18-5-6-20(11)8-10-9-24-15(19-10)13-16-3-2-4-17-13/h2-4,9,11H,5-8H2,1H3,(H,18,22)/t11-/m0/s1. The Morgan fingerprint density at radius 2 is 2.25 bits per heavy atom. The van der Waals surface area contributed by atoms with Gasteiger partial charge in [0.25, 0.3) is 0 Å². The lowest BCUT2D eigenvalue weighted by Crippen LogP contribution is -2.55. The first-order chi connectivity index (χ1) is 11.7. The van der Waals surface area contributed by atoms with Crippen LogP contribution in [0.3, 0.4) is 0 Å². The number of hydrogen-bond donors (Lipinski definition) is 1. The van der Waals surface area contributed by atoms with Gasteiger partial charge in [0, 0.05) is 37.4 Å². The first kappa shape index (κ1) is 16.5. The van der Waals surface area contributed by atoms with E-state index in [-0.39, 0.29) is 12.3 Å². The van der Waals surface area contributed by atoms with Crippen LogP contribution in [0.15, 0.2) is 23.8 Å². The normalized spacial score (nSPS) is 18.2. The fraction of sp³-hybridized carbons (Fsp3) is 0.400. The summed E-state index contributed by atoms with van der Waals surface area (Å²) in [6, 6.07) is 1.21. The van der Waals surface area contributed by atoms with Crippen molar-refractivity contribution in [2.45, 2.75) is 19.0 Å². The molecule has 0 aliphatic carbocycles. The Kier molecular flexibility index (Phi) is 5.11. The molecule has 1 atom stereocenters. The molecule has 0 saturated carbocycles. The van der Waals surface area contributed by atoms with Gasteiger partial charge in [0.2, 0.25) is 5.91 Å². The van der Waals surface area contributed by atoms with Gasteiger partial charge in [-0.15, -0.1) is 11.3 Å². The molecular formula is C15H17N5O3S. The number of carbonyl (C=O) groups is 2. The highest BCUT2D eigenvalue weighted by molar-refractivity contribution is 7.13. The van der Waals surface area contributed by atoms with Crippen molar-refractivity contribution in [1.29, 1.82) is 0 Å². The van der Waals surface area contributed by atoms with Crippen molar-refractivity contribution in [2.24, 2.45) is 0 Å². The largest absolute Gasteiger partial charge is 0.469 e. The molecule has 2 aromatic rings. The number of nitrogens with one attached hydrogen (secondary N) is 1. The van der Waals surface area contributed by atoms with Crippen LogP contribution in [0.4, 0.5) is 0 Å². The minimum absolute atomic E-state index is 0.0289. The van der Waals surface area contributed by atoms with Crippen LogP contribution in [-0.2, 0) is 20.9 Å². The zero-order chi connectivity index (χ0) is 16.9. The third kappa shape index (κ3) is 3.74. The Bertz CT molecular complexity index is 721. The number of ether oxygens (including phenoxy) is 1. The Hall–Kier alpha value is -2.39. The van der Waals surface area contributed by atoms with Gasteiger partial charge in [-0.25, -0.2) is 15.0 Å². The number of thiazole rings is 1. The molecule has 9 heteroatoms. The lowest BCUT2D eigenvalue weighted by Gasteiger charge is -2.33. The lowest BCUT2D eigenvalue weighted by atomic mass is 10.1. The SMILES string of the molecule is COC(=O)C[C@H]1C(=O)NCCN1Cc1csc(-c2ncccn2)n1. The zero-order valence-electron chi connectivity index (χ0n) is 13.1. The van der Waals surface area contributed by atoms with Gasteiger partial charge >= 0.3 is 5.97 Å². The quantitative estimate of drug-likeness (QED) is 0.785. The molecule has 1 fully saturated rings. The van der Waals surface area contributed by atoms with Crippen LogP contribution in [0.5, 0.6) is 0 Å². The fourth-order valence-corrected chi connectivity index (χ4v) is 3.27. The number of amides is 1. The van der Waals surface area contributed by atoms with Crippen molar-refractivity contribution in [3.8, 4) is 10.8 Å². The van der Waals surface area contributed by atoms with Crippen LogP contribution < -0.4 is 5.32 Å². The Morgan fingerprint density at radius 3 is 3.00 bits per heavy atom. The van der Waals surface area contributed by atoms with E-state index in [4.69, 9.17) is 0 Å². The molecule has 1 aliphatic rings. The van der Waals surface area contributed by atoms with E-state index in [1.165, 1.54) is 18.4 Å². The Balaban J connectivity index is 1.72. The molecule has 0 unspecified atom stereocenters. The van der Waals surface area contributed by atoms with Crippen molar-refractivity contribution >= 4 is 23.2 Å². The van der Waals surface area contributed by atoms with Crippen molar-refractivity contribution in [3.05, 3.63) is 29.5 Å². The highest BCUT2D eigenvalue weighted by Gasteiger charge is 2.32. The highest BCUT2D eigenvalue weighted by atomic mass is 32.1. The summed E-state index contributed by atoms with van der Waals surface area (Å²) in [4.78, 5) is 38.5. The number of carbonyl (C=O) groups excluding carboxylic acids is 2. The molecule has 0 spiro atoms. The highest BCUT2D eigenvalue weighted by Crippen LogP contribution is 2.22. The second-order valence-corrected chi connectivity index (χ2v) is 6.13. The van der Waals surface area contributed by atoms with Crippen molar-refractivity contribution in [1.82, 2.24) is 25.2 Å². The van der Waals surface area contributed by atoms with Gasteiger partial charge in [-0.05, 0) is 6.07 Å². The fourth-order valence-electron chi connectivity index (χ4n) is 2.51. The van der Waals surface area contributed by atoms with Crippen LogP contribution in [0.25, 0.3) is 10.8 Å². The van der Waals surface area contributed by atoms with Crippen molar-refractivity contribution in [3.63, 3.8) is 0 Å². The van der Waals surface area contributed by atoms with E-state index in [2.05, 4.69) is 25.0 Å². The first-order valence-electron chi connectivity index (χ1n) is 7.47. The molecule has 1 amide bonds. The Labute approximate surface area is 142 Å². The molecule has 126 valence electrons. The van der Waals surface area contributed by atoms with Gasteiger partial charge in [-0.1, -0.05) is 0 Å². The van der Waals surface area contributed by atoms with Crippen molar-refractivity contribution in [2.75, 3.05) is 20.2 Å².